The lowest BCUT2D eigenvalue weighted by Gasteiger charge is -2.21. The summed E-state index contributed by atoms with van der Waals surface area (Å²) in [7, 11) is -9.82. The smallest absolute Gasteiger partial charge is 0.463 e. The minimum atomic E-state index is -4.95. The molecule has 4 N–H and O–H groups in total. The first-order valence-electron chi connectivity index (χ1n) is 49.4. The monoisotopic (exact) mass is 1760 g/mol. The molecular formula is C105H180O16P2. The average Bonchev–Trinajstić information content (AvgIpc) is 0.898. The molecule has 0 spiro atoms. The first-order chi connectivity index (χ1) is 60.2. The van der Waals surface area contributed by atoms with Crippen LogP contribution in [0.3, 0.4) is 0 Å². The van der Waals surface area contributed by atoms with Gasteiger partial charge < -0.3 is 34.2 Å². The van der Waals surface area contributed by atoms with Gasteiger partial charge in [-0.05, 0) is 161 Å². The zero-order valence-electron chi connectivity index (χ0n) is 78.1. The summed E-state index contributed by atoms with van der Waals surface area (Å²) in [5.41, 5.74) is 0. The Kier molecular flexibility index (Phi) is 92.0. The molecule has 0 aromatic heterocycles. The lowest BCUT2D eigenvalue weighted by Crippen LogP contribution is -2.30. The summed E-state index contributed by atoms with van der Waals surface area (Å²) in [4.78, 5) is 59.1. The molecule has 0 radical (unpaired) electrons. The fourth-order valence-corrected chi connectivity index (χ4v) is 15.0. The van der Waals surface area contributed by atoms with Crippen molar-refractivity contribution < 1.29 is 75.8 Å². The van der Waals surface area contributed by atoms with E-state index in [4.69, 9.17) is 32.3 Å². The van der Waals surface area contributed by atoms with E-state index in [0.29, 0.717) is 19.3 Å². The maximum Gasteiger partial charge on any atom is 0.472 e. The summed E-state index contributed by atoms with van der Waals surface area (Å²) < 4.78 is 61.6. The molecule has 0 heterocycles. The normalized spacial score (nSPS) is 14.4. The van der Waals surface area contributed by atoms with E-state index in [1.54, 1.807) is 0 Å². The van der Waals surface area contributed by atoms with Crippen LogP contribution in [0.1, 0.15) is 419 Å². The molecule has 0 fully saturated rings. The summed E-state index contributed by atoms with van der Waals surface area (Å²) in [5.74, 6) is -1.57. The van der Waals surface area contributed by atoms with E-state index in [-0.39, 0.29) is 19.3 Å². The molecule has 0 aliphatic carbocycles. The molecule has 0 amide bonds. The van der Waals surface area contributed by atoms with Gasteiger partial charge in [-0.1, -0.05) is 409 Å². The first-order valence-corrected chi connectivity index (χ1v) is 52.4. The molecule has 16 nitrogen and oxygen atoms in total. The largest absolute Gasteiger partial charge is 0.472 e. The van der Waals surface area contributed by atoms with Gasteiger partial charge in [0.1, 0.15) is 25.4 Å². The van der Waals surface area contributed by atoms with Crippen LogP contribution in [0, 0.1) is 0 Å². The molecule has 0 aliphatic heterocycles. The van der Waals surface area contributed by atoms with E-state index < -0.39 is 91.5 Å². The summed E-state index contributed by atoms with van der Waals surface area (Å²) in [6.07, 6.45) is 125. The third-order valence-electron chi connectivity index (χ3n) is 20.9. The minimum Gasteiger partial charge on any atom is -0.463 e. The lowest BCUT2D eigenvalue weighted by atomic mass is 10.0. The quantitative estimate of drug-likeness (QED) is 0.0146. The second-order valence-corrected chi connectivity index (χ2v) is 35.7. The van der Waals surface area contributed by atoms with Crippen LogP contribution in [0.15, 0.2) is 170 Å². The molecule has 0 saturated heterocycles. The molecule has 0 rings (SSSR count). The molecular weight excluding hydrogens is 1580 g/mol. The first kappa shape index (κ1) is 118. The number of hydrogen-bond acceptors (Lipinski definition) is 14. The SMILES string of the molecule is CC/C=C\C/C=C\C/C=C\C/C=C\C/C=C\C/C=C\CCCCCCCCCCCCCCCCCCC(=O)OCC(O)COP(=O)(O)OCC(O)COP(=O)(O)OCC(COC(=O)CCCCCCCCCCCCC/C=C\C/C=C\C/C=C\C/C=C\CCCCC)OC(=O)CCCCCCCCCCC/C=C\C/C=C\C/C=C\C/C=C\CCCCC. The highest BCUT2D eigenvalue weighted by atomic mass is 31.2. The van der Waals surface area contributed by atoms with Gasteiger partial charge >= 0.3 is 33.6 Å². The summed E-state index contributed by atoms with van der Waals surface area (Å²) in [5, 5.41) is 20.8. The number of rotatable bonds is 93. The van der Waals surface area contributed by atoms with Crippen molar-refractivity contribution in [2.45, 2.75) is 437 Å². The van der Waals surface area contributed by atoms with Crippen molar-refractivity contribution in [1.29, 1.82) is 0 Å². The Hall–Kier alpha value is -5.09. The molecule has 5 unspecified atom stereocenters. The molecule has 5 atom stereocenters. The van der Waals surface area contributed by atoms with Crippen molar-refractivity contribution in [3.8, 4) is 0 Å². The number of unbranched alkanes of at least 4 members (excludes halogenated alkanes) is 42. The fraction of sp³-hybridized carbons (Fsp3) is 0.705. The van der Waals surface area contributed by atoms with Crippen LogP contribution in [0.25, 0.3) is 0 Å². The predicted molar refractivity (Wildman–Crippen MR) is 519 cm³/mol. The van der Waals surface area contributed by atoms with Gasteiger partial charge in [0.05, 0.1) is 26.4 Å². The number of hydrogen-bond donors (Lipinski definition) is 4. The second kappa shape index (κ2) is 96.0. The van der Waals surface area contributed by atoms with Gasteiger partial charge in [0.2, 0.25) is 0 Å². The standard InChI is InChI=1S/C105H180O16P2/c1-4-7-10-13-16-19-22-25-28-31-34-37-40-43-45-46-47-48-49-50-51-52-54-57-58-61-64-67-70-73-76-79-82-85-88-91-103(108)115-94-100(106)95-117-122(111,112)118-96-101(107)97-119-123(113,114)120-99-102(121-105(110)93-90-87-84-81-78-75-72-69-66-63-60-55-42-39-36-33-30-27-24-21-18-15-12-9-6-3)98-116-104(109)92-89-86-83-80-77-74-71-68-65-62-59-56-53-44-41-38-35-32-29-26-23-20-17-14-11-8-5-2/h7,10,16-21,25-30,34-39,43-45,47-48,53,55,60,100-102,106-107H,4-6,8-9,11-15,22-24,31-33,40-42,46,49-52,54,56-59,61-99H2,1-3H3,(H,111,112)(H,113,114)/b10-7-,19-16-,20-17-,21-18-,28-25-,29-26-,30-27-,37-34-,38-35-,39-36-,45-43-,48-47-,53-44-,60-55-. The number of carbonyl (C=O) groups is 3. The van der Waals surface area contributed by atoms with E-state index in [9.17, 15) is 43.5 Å². The highest BCUT2D eigenvalue weighted by Crippen LogP contribution is 2.45. The number of aliphatic hydroxyl groups is 2. The molecule has 0 aromatic rings. The van der Waals surface area contributed by atoms with Crippen molar-refractivity contribution in [1.82, 2.24) is 0 Å². The van der Waals surface area contributed by atoms with Gasteiger partial charge in [-0.15, -0.1) is 0 Å². The Labute approximate surface area is 752 Å². The van der Waals surface area contributed by atoms with Gasteiger partial charge in [-0.25, -0.2) is 9.13 Å². The van der Waals surface area contributed by atoms with Crippen LogP contribution in [0.2, 0.25) is 0 Å². The summed E-state index contributed by atoms with van der Waals surface area (Å²) in [6.45, 7) is 2.56. The third kappa shape index (κ3) is 97.4. The maximum absolute atomic E-state index is 13.1. The molecule has 0 saturated carbocycles. The van der Waals surface area contributed by atoms with Crippen LogP contribution >= 0.6 is 15.6 Å². The highest BCUT2D eigenvalue weighted by Gasteiger charge is 2.30. The van der Waals surface area contributed by atoms with Crippen LogP contribution in [0.4, 0.5) is 0 Å². The number of phosphoric ester groups is 2. The van der Waals surface area contributed by atoms with Crippen LogP contribution in [-0.2, 0) is 55.8 Å². The van der Waals surface area contributed by atoms with Crippen LogP contribution in [0.5, 0.6) is 0 Å². The number of carbonyl (C=O) groups excluding carboxylic acids is 3. The fourth-order valence-electron chi connectivity index (χ4n) is 13.4. The van der Waals surface area contributed by atoms with Crippen molar-refractivity contribution >= 4 is 33.6 Å². The van der Waals surface area contributed by atoms with Gasteiger partial charge in [0.15, 0.2) is 6.10 Å². The van der Waals surface area contributed by atoms with Gasteiger partial charge in [-0.2, -0.15) is 0 Å². The molecule has 123 heavy (non-hydrogen) atoms. The van der Waals surface area contributed by atoms with Crippen molar-refractivity contribution in [3.05, 3.63) is 170 Å². The number of esters is 3. The van der Waals surface area contributed by atoms with Crippen molar-refractivity contribution in [2.75, 3.05) is 39.6 Å². The number of phosphoric acid groups is 2. The summed E-state index contributed by atoms with van der Waals surface area (Å²) in [6, 6.07) is 0. The Morgan fingerprint density at radius 1 is 0.236 bits per heavy atom. The molecule has 0 bridgehead atoms. The minimum absolute atomic E-state index is 0.0937. The zero-order valence-corrected chi connectivity index (χ0v) is 79.9. The van der Waals surface area contributed by atoms with E-state index in [0.717, 1.165) is 161 Å². The van der Waals surface area contributed by atoms with Gasteiger partial charge in [0, 0.05) is 19.3 Å². The Bertz CT molecular complexity index is 2920. The highest BCUT2D eigenvalue weighted by molar-refractivity contribution is 7.47. The van der Waals surface area contributed by atoms with Crippen molar-refractivity contribution in [2.24, 2.45) is 0 Å². The maximum atomic E-state index is 13.1. The molecule has 706 valence electrons. The average molecular weight is 1760 g/mol. The van der Waals surface area contributed by atoms with E-state index >= 15 is 0 Å². The van der Waals surface area contributed by atoms with Crippen LogP contribution in [-0.4, -0.2) is 95.9 Å². The number of allylic oxidation sites excluding steroid dienone is 28. The Morgan fingerprint density at radius 3 is 0.683 bits per heavy atom. The van der Waals surface area contributed by atoms with E-state index in [1.807, 2.05) is 0 Å². The van der Waals surface area contributed by atoms with E-state index in [1.165, 1.54) is 199 Å². The Balaban J connectivity index is 4.58. The topological polar surface area (TPSA) is 231 Å². The van der Waals surface area contributed by atoms with Gasteiger partial charge in [0.25, 0.3) is 0 Å². The van der Waals surface area contributed by atoms with Crippen molar-refractivity contribution in [3.63, 3.8) is 0 Å². The van der Waals surface area contributed by atoms with Crippen LogP contribution < -0.4 is 0 Å². The van der Waals surface area contributed by atoms with Gasteiger partial charge in [-0.3, -0.25) is 32.5 Å². The second-order valence-electron chi connectivity index (χ2n) is 32.8. The summed E-state index contributed by atoms with van der Waals surface area (Å²) >= 11 is 0. The molecule has 0 aliphatic rings. The number of aliphatic hydroxyl groups excluding tert-OH is 2. The molecule has 0 aromatic carbocycles. The zero-order chi connectivity index (χ0) is 89.3. The predicted octanol–water partition coefficient (Wildman–Crippen LogP) is 31.0. The molecule has 18 heteroatoms. The van der Waals surface area contributed by atoms with E-state index in [2.05, 4.69) is 191 Å². The number of ether oxygens (including phenoxy) is 3. The lowest BCUT2D eigenvalue weighted by molar-refractivity contribution is -0.161. The third-order valence-corrected chi connectivity index (χ3v) is 22.8. The Morgan fingerprint density at radius 2 is 0.431 bits per heavy atom.